The molecule has 3 fully saturated rings. The summed E-state index contributed by atoms with van der Waals surface area (Å²) in [6.07, 6.45) is 5.59. The van der Waals surface area contributed by atoms with Gasteiger partial charge in [-0.2, -0.15) is 0 Å². The molecule has 0 radical (unpaired) electrons. The first kappa shape index (κ1) is 10.1. The standard InChI is InChI=1S/C12H23N3/c1-14-6-5-12(9-14)15-7-4-11(8-15)13-10-2-3-10/h10-13H,2-9H2,1H3. The monoisotopic (exact) mass is 209 g/mol. The Morgan fingerprint density at radius 3 is 2.47 bits per heavy atom. The number of nitrogens with one attached hydrogen (secondary N) is 1. The van der Waals surface area contributed by atoms with Crippen LogP contribution in [0.15, 0.2) is 0 Å². The van der Waals surface area contributed by atoms with Crippen molar-refractivity contribution >= 4 is 0 Å². The van der Waals surface area contributed by atoms with Crippen LogP contribution in [-0.4, -0.2) is 61.2 Å². The molecule has 86 valence electrons. The van der Waals surface area contributed by atoms with Crippen LogP contribution >= 0.6 is 0 Å². The first-order valence-corrected chi connectivity index (χ1v) is 6.50. The molecule has 0 aromatic rings. The van der Waals surface area contributed by atoms with Crippen LogP contribution in [0.1, 0.15) is 25.7 Å². The van der Waals surface area contributed by atoms with Crippen LogP contribution in [-0.2, 0) is 0 Å². The fourth-order valence-electron chi connectivity index (χ4n) is 3.05. The van der Waals surface area contributed by atoms with Gasteiger partial charge in [0.15, 0.2) is 0 Å². The molecule has 15 heavy (non-hydrogen) atoms. The molecule has 3 rings (SSSR count). The second kappa shape index (κ2) is 4.04. The first-order chi connectivity index (χ1) is 7.31. The van der Waals surface area contributed by atoms with E-state index in [1.165, 1.54) is 51.9 Å². The predicted octanol–water partition coefficient (Wildman–Crippen LogP) is 0.517. The number of rotatable bonds is 3. The Hall–Kier alpha value is -0.120. The third-order valence-electron chi connectivity index (χ3n) is 4.15. The van der Waals surface area contributed by atoms with Crippen LogP contribution < -0.4 is 5.32 Å². The minimum Gasteiger partial charge on any atom is -0.310 e. The van der Waals surface area contributed by atoms with E-state index in [2.05, 4.69) is 22.2 Å². The van der Waals surface area contributed by atoms with Gasteiger partial charge in [-0.05, 0) is 39.3 Å². The van der Waals surface area contributed by atoms with Gasteiger partial charge in [-0.1, -0.05) is 0 Å². The summed E-state index contributed by atoms with van der Waals surface area (Å²) in [5.41, 5.74) is 0. The maximum Gasteiger partial charge on any atom is 0.0235 e. The summed E-state index contributed by atoms with van der Waals surface area (Å²) in [5, 5.41) is 3.76. The van der Waals surface area contributed by atoms with Gasteiger partial charge in [0.1, 0.15) is 0 Å². The van der Waals surface area contributed by atoms with E-state index in [1.807, 2.05) is 0 Å². The first-order valence-electron chi connectivity index (χ1n) is 6.50. The van der Waals surface area contributed by atoms with Crippen LogP contribution in [0.25, 0.3) is 0 Å². The lowest BCUT2D eigenvalue weighted by Gasteiger charge is -2.23. The maximum absolute atomic E-state index is 3.76. The third kappa shape index (κ3) is 2.35. The van der Waals surface area contributed by atoms with Gasteiger partial charge >= 0.3 is 0 Å². The van der Waals surface area contributed by atoms with Crippen LogP contribution in [0.2, 0.25) is 0 Å². The lowest BCUT2D eigenvalue weighted by Crippen LogP contribution is -2.39. The Bertz CT molecular complexity index is 227. The van der Waals surface area contributed by atoms with Crippen molar-refractivity contribution in [3.63, 3.8) is 0 Å². The molecule has 3 aliphatic rings. The summed E-state index contributed by atoms with van der Waals surface area (Å²) in [6.45, 7) is 5.20. The number of nitrogens with zero attached hydrogens (tertiary/aromatic N) is 2. The molecule has 2 heterocycles. The summed E-state index contributed by atoms with van der Waals surface area (Å²) in [6, 6.07) is 2.52. The van der Waals surface area contributed by atoms with Crippen molar-refractivity contribution < 1.29 is 0 Å². The van der Waals surface area contributed by atoms with E-state index in [0.717, 1.165) is 18.1 Å². The summed E-state index contributed by atoms with van der Waals surface area (Å²) in [4.78, 5) is 5.18. The van der Waals surface area contributed by atoms with Gasteiger partial charge in [-0.25, -0.2) is 0 Å². The van der Waals surface area contributed by atoms with E-state index >= 15 is 0 Å². The molecule has 2 saturated heterocycles. The van der Waals surface area contributed by atoms with Crippen LogP contribution in [0.3, 0.4) is 0 Å². The van der Waals surface area contributed by atoms with Crippen molar-refractivity contribution in [2.24, 2.45) is 0 Å². The van der Waals surface area contributed by atoms with Gasteiger partial charge in [0.2, 0.25) is 0 Å². The molecular formula is C12H23N3. The lowest BCUT2D eigenvalue weighted by atomic mass is 10.2. The highest BCUT2D eigenvalue weighted by Gasteiger charge is 2.33. The van der Waals surface area contributed by atoms with Crippen molar-refractivity contribution in [2.75, 3.05) is 33.2 Å². The topological polar surface area (TPSA) is 18.5 Å². The molecule has 0 spiro atoms. The Kier molecular flexibility index (Phi) is 2.71. The summed E-state index contributed by atoms with van der Waals surface area (Å²) in [7, 11) is 2.25. The normalized spacial score (nSPS) is 39.0. The van der Waals surface area contributed by atoms with Crippen LogP contribution in [0, 0.1) is 0 Å². The van der Waals surface area contributed by atoms with E-state index in [4.69, 9.17) is 0 Å². The van der Waals surface area contributed by atoms with E-state index in [1.54, 1.807) is 0 Å². The number of likely N-dealkylation sites (N-methyl/N-ethyl adjacent to an activating group) is 1. The van der Waals surface area contributed by atoms with Gasteiger partial charge in [0, 0.05) is 37.8 Å². The molecule has 1 aliphatic carbocycles. The fraction of sp³-hybridized carbons (Fsp3) is 1.00. The largest absolute Gasteiger partial charge is 0.310 e. The second-order valence-corrected chi connectivity index (χ2v) is 5.63. The Morgan fingerprint density at radius 1 is 0.933 bits per heavy atom. The molecule has 0 aromatic heterocycles. The zero-order chi connectivity index (χ0) is 10.3. The van der Waals surface area contributed by atoms with E-state index in [0.29, 0.717) is 0 Å². The molecular weight excluding hydrogens is 186 g/mol. The van der Waals surface area contributed by atoms with Crippen molar-refractivity contribution in [1.29, 1.82) is 0 Å². The highest BCUT2D eigenvalue weighted by molar-refractivity contribution is 4.93. The zero-order valence-corrected chi connectivity index (χ0v) is 9.78. The second-order valence-electron chi connectivity index (χ2n) is 5.63. The molecule has 1 saturated carbocycles. The number of likely N-dealkylation sites (tertiary alicyclic amines) is 2. The molecule has 0 bridgehead atoms. The van der Waals surface area contributed by atoms with Crippen LogP contribution in [0.5, 0.6) is 0 Å². The highest BCUT2D eigenvalue weighted by atomic mass is 15.3. The average molecular weight is 209 g/mol. The van der Waals surface area contributed by atoms with Gasteiger partial charge in [-0.3, -0.25) is 4.90 Å². The predicted molar refractivity (Wildman–Crippen MR) is 62.0 cm³/mol. The van der Waals surface area contributed by atoms with E-state index in [9.17, 15) is 0 Å². The Balaban J connectivity index is 1.47. The van der Waals surface area contributed by atoms with E-state index < -0.39 is 0 Å². The van der Waals surface area contributed by atoms with Crippen molar-refractivity contribution in [1.82, 2.24) is 15.1 Å². The van der Waals surface area contributed by atoms with Crippen molar-refractivity contribution in [3.05, 3.63) is 0 Å². The lowest BCUT2D eigenvalue weighted by molar-refractivity contribution is 0.236. The van der Waals surface area contributed by atoms with E-state index in [-0.39, 0.29) is 0 Å². The molecule has 0 amide bonds. The minimum absolute atomic E-state index is 0.795. The van der Waals surface area contributed by atoms with Crippen molar-refractivity contribution in [2.45, 2.75) is 43.8 Å². The molecule has 0 aromatic carbocycles. The van der Waals surface area contributed by atoms with Gasteiger partial charge in [-0.15, -0.1) is 0 Å². The number of hydrogen-bond acceptors (Lipinski definition) is 3. The molecule has 2 aliphatic heterocycles. The molecule has 1 N–H and O–H groups in total. The van der Waals surface area contributed by atoms with Crippen LogP contribution in [0.4, 0.5) is 0 Å². The SMILES string of the molecule is CN1CCC(N2CCC(NC3CC3)C2)C1. The van der Waals surface area contributed by atoms with Gasteiger partial charge < -0.3 is 10.2 Å². The molecule has 2 unspecified atom stereocenters. The average Bonchev–Trinajstić information content (AvgIpc) is 2.74. The Labute approximate surface area is 92.8 Å². The minimum atomic E-state index is 0.795. The van der Waals surface area contributed by atoms with Gasteiger partial charge in [0.25, 0.3) is 0 Å². The smallest absolute Gasteiger partial charge is 0.0235 e. The quantitative estimate of drug-likeness (QED) is 0.731. The summed E-state index contributed by atoms with van der Waals surface area (Å²) in [5.74, 6) is 0. The summed E-state index contributed by atoms with van der Waals surface area (Å²) < 4.78 is 0. The maximum atomic E-state index is 3.76. The van der Waals surface area contributed by atoms with Gasteiger partial charge in [0.05, 0.1) is 0 Å². The third-order valence-corrected chi connectivity index (χ3v) is 4.15. The highest BCUT2D eigenvalue weighted by Crippen LogP contribution is 2.24. The van der Waals surface area contributed by atoms with Crippen molar-refractivity contribution in [3.8, 4) is 0 Å². The number of hydrogen-bond donors (Lipinski definition) is 1. The Morgan fingerprint density at radius 2 is 1.80 bits per heavy atom. The molecule has 2 atom stereocenters. The molecule has 3 nitrogen and oxygen atoms in total. The molecule has 3 heteroatoms. The zero-order valence-electron chi connectivity index (χ0n) is 9.78. The fourth-order valence-corrected chi connectivity index (χ4v) is 3.05. The summed E-state index contributed by atoms with van der Waals surface area (Å²) >= 11 is 0.